The van der Waals surface area contributed by atoms with Crippen LogP contribution in [0.2, 0.25) is 0 Å². The number of hydrogen-bond acceptors (Lipinski definition) is 6. The molecule has 2 N–H and O–H groups in total. The van der Waals surface area contributed by atoms with Crippen molar-refractivity contribution in [3.63, 3.8) is 0 Å². The molecule has 0 saturated heterocycles. The average molecular weight is 400 g/mol. The van der Waals surface area contributed by atoms with E-state index in [0.29, 0.717) is 16.8 Å². The third-order valence-corrected chi connectivity index (χ3v) is 5.08. The van der Waals surface area contributed by atoms with Crippen molar-refractivity contribution in [2.75, 3.05) is 12.4 Å². The summed E-state index contributed by atoms with van der Waals surface area (Å²) in [7, 11) is 1.32. The summed E-state index contributed by atoms with van der Waals surface area (Å²) in [5, 5.41) is 11.0. The van der Waals surface area contributed by atoms with Crippen LogP contribution in [0.5, 0.6) is 0 Å². The first kappa shape index (κ1) is 17.9. The number of nitrogens with one attached hydrogen (secondary N) is 2. The zero-order valence-corrected chi connectivity index (χ0v) is 15.9. The zero-order chi connectivity index (χ0) is 20.7. The van der Waals surface area contributed by atoms with Gasteiger partial charge in [-0.25, -0.2) is 9.59 Å². The van der Waals surface area contributed by atoms with E-state index in [1.165, 1.54) is 7.11 Å². The van der Waals surface area contributed by atoms with Crippen LogP contribution in [0.15, 0.2) is 60.9 Å². The van der Waals surface area contributed by atoms with Gasteiger partial charge in [-0.05, 0) is 30.3 Å². The largest absolute Gasteiger partial charge is 0.465 e. The molecule has 148 valence electrons. The highest BCUT2D eigenvalue weighted by Crippen LogP contribution is 2.40. The van der Waals surface area contributed by atoms with Crippen LogP contribution in [0, 0.1) is 0 Å². The van der Waals surface area contributed by atoms with Crippen molar-refractivity contribution in [3.8, 4) is 11.3 Å². The molecule has 1 atom stereocenters. The van der Waals surface area contributed by atoms with Crippen molar-refractivity contribution in [2.24, 2.45) is 0 Å². The molecule has 8 nitrogen and oxygen atoms in total. The molecule has 1 aliphatic rings. The van der Waals surface area contributed by atoms with Crippen LogP contribution in [0.3, 0.4) is 0 Å². The molecular formula is C22H16N4O4. The van der Waals surface area contributed by atoms with E-state index in [-0.39, 0.29) is 0 Å². The third-order valence-electron chi connectivity index (χ3n) is 5.08. The number of aromatic amines is 1. The molecule has 3 heterocycles. The number of methoxy groups -OCH3 is 1. The summed E-state index contributed by atoms with van der Waals surface area (Å²) in [4.78, 5) is 28.6. The lowest BCUT2D eigenvalue weighted by atomic mass is 9.93. The van der Waals surface area contributed by atoms with E-state index in [9.17, 15) is 9.59 Å². The Morgan fingerprint density at radius 1 is 1.10 bits per heavy atom. The Kier molecular flexibility index (Phi) is 4.17. The molecule has 4 aromatic rings. The SMILES string of the molecule is COC(=O)c1ccccc1C1OC(=O)Nc2cc3[nH]nc(-c4ccncc4)c3cc21. The van der Waals surface area contributed by atoms with Gasteiger partial charge in [-0.15, -0.1) is 0 Å². The minimum atomic E-state index is -0.770. The fourth-order valence-corrected chi connectivity index (χ4v) is 3.70. The van der Waals surface area contributed by atoms with Crippen molar-refractivity contribution in [1.82, 2.24) is 15.2 Å². The number of ether oxygens (including phenoxy) is 2. The molecule has 1 unspecified atom stereocenters. The highest BCUT2D eigenvalue weighted by atomic mass is 16.6. The zero-order valence-electron chi connectivity index (χ0n) is 15.9. The minimum Gasteiger partial charge on any atom is -0.465 e. The Morgan fingerprint density at radius 2 is 1.90 bits per heavy atom. The van der Waals surface area contributed by atoms with Crippen molar-refractivity contribution in [1.29, 1.82) is 0 Å². The molecule has 1 aliphatic heterocycles. The Hall–Kier alpha value is -4.20. The lowest BCUT2D eigenvalue weighted by Crippen LogP contribution is -2.26. The van der Waals surface area contributed by atoms with Gasteiger partial charge in [-0.2, -0.15) is 5.10 Å². The summed E-state index contributed by atoms with van der Waals surface area (Å²) in [6.45, 7) is 0. The topological polar surface area (TPSA) is 106 Å². The molecule has 1 amide bonds. The number of rotatable bonds is 3. The number of nitrogens with zero attached hydrogens (tertiary/aromatic N) is 2. The molecule has 2 aromatic heterocycles. The predicted molar refractivity (Wildman–Crippen MR) is 109 cm³/mol. The van der Waals surface area contributed by atoms with E-state index in [2.05, 4.69) is 20.5 Å². The van der Waals surface area contributed by atoms with E-state index >= 15 is 0 Å². The predicted octanol–water partition coefficient (Wildman–Crippen LogP) is 4.06. The van der Waals surface area contributed by atoms with Gasteiger partial charge in [0, 0.05) is 34.5 Å². The normalized spacial score (nSPS) is 15.2. The van der Waals surface area contributed by atoms with Crippen molar-refractivity contribution in [3.05, 3.63) is 77.6 Å². The summed E-state index contributed by atoms with van der Waals surface area (Å²) >= 11 is 0. The second kappa shape index (κ2) is 7.00. The fraction of sp³-hybridized carbons (Fsp3) is 0.0909. The maximum atomic E-state index is 12.3. The van der Waals surface area contributed by atoms with Gasteiger partial charge in [0.25, 0.3) is 0 Å². The molecule has 0 saturated carbocycles. The van der Waals surface area contributed by atoms with E-state index in [0.717, 1.165) is 27.7 Å². The quantitative estimate of drug-likeness (QED) is 0.502. The maximum Gasteiger partial charge on any atom is 0.412 e. The molecule has 8 heteroatoms. The molecule has 5 rings (SSSR count). The number of anilines is 1. The summed E-state index contributed by atoms with van der Waals surface area (Å²) in [6, 6.07) is 14.4. The second-order valence-electron chi connectivity index (χ2n) is 6.78. The van der Waals surface area contributed by atoms with Gasteiger partial charge in [0.2, 0.25) is 0 Å². The number of pyridine rings is 1. The number of carbonyl (C=O) groups is 2. The highest BCUT2D eigenvalue weighted by Gasteiger charge is 2.32. The Morgan fingerprint density at radius 3 is 2.70 bits per heavy atom. The summed E-state index contributed by atoms with van der Waals surface area (Å²) in [5.74, 6) is -0.497. The number of hydrogen-bond donors (Lipinski definition) is 2. The number of amides is 1. The van der Waals surface area contributed by atoms with Gasteiger partial charge in [-0.1, -0.05) is 18.2 Å². The first-order valence-corrected chi connectivity index (χ1v) is 9.23. The van der Waals surface area contributed by atoms with Crippen LogP contribution >= 0.6 is 0 Å². The van der Waals surface area contributed by atoms with Gasteiger partial charge >= 0.3 is 12.1 Å². The molecule has 30 heavy (non-hydrogen) atoms. The molecule has 0 radical (unpaired) electrons. The minimum absolute atomic E-state index is 0.340. The summed E-state index contributed by atoms with van der Waals surface area (Å²) in [6.07, 6.45) is 2.04. The first-order chi connectivity index (χ1) is 14.7. The van der Waals surface area contributed by atoms with E-state index in [1.54, 1.807) is 36.7 Å². The first-order valence-electron chi connectivity index (χ1n) is 9.23. The number of H-pyrrole nitrogens is 1. The average Bonchev–Trinajstić information content (AvgIpc) is 3.20. The number of aromatic nitrogens is 3. The standard InChI is InChI=1S/C22H16N4O4/c1-29-21(27)14-5-3-2-4-13(14)20-16-10-15-18(11-17(16)24-22(28)30-20)25-26-19(15)12-6-8-23-9-7-12/h2-11,20H,1H3,(H,24,28)(H,25,26). The van der Waals surface area contributed by atoms with Gasteiger partial charge < -0.3 is 9.47 Å². The van der Waals surface area contributed by atoms with Gasteiger partial charge in [0.1, 0.15) is 5.69 Å². The number of esters is 1. The third kappa shape index (κ3) is 2.86. The van der Waals surface area contributed by atoms with E-state index in [1.807, 2.05) is 24.3 Å². The lowest BCUT2D eigenvalue weighted by Gasteiger charge is -2.27. The highest BCUT2D eigenvalue weighted by molar-refractivity contribution is 5.99. The smallest absolute Gasteiger partial charge is 0.412 e. The molecule has 2 aromatic carbocycles. The van der Waals surface area contributed by atoms with Crippen LogP contribution in [-0.4, -0.2) is 34.4 Å². The summed E-state index contributed by atoms with van der Waals surface area (Å²) in [5.41, 5.74) is 4.63. The van der Waals surface area contributed by atoms with E-state index in [4.69, 9.17) is 9.47 Å². The summed E-state index contributed by atoms with van der Waals surface area (Å²) < 4.78 is 10.5. The fourth-order valence-electron chi connectivity index (χ4n) is 3.70. The van der Waals surface area contributed by atoms with Crippen LogP contribution in [-0.2, 0) is 9.47 Å². The maximum absolute atomic E-state index is 12.3. The van der Waals surface area contributed by atoms with Gasteiger partial charge in [0.05, 0.1) is 23.9 Å². The number of fused-ring (bicyclic) bond motifs is 2. The van der Waals surface area contributed by atoms with Gasteiger partial charge in [-0.3, -0.25) is 15.4 Å². The van der Waals surface area contributed by atoms with Crippen molar-refractivity contribution < 1.29 is 19.1 Å². The van der Waals surface area contributed by atoms with Crippen molar-refractivity contribution >= 4 is 28.7 Å². The lowest BCUT2D eigenvalue weighted by molar-refractivity contribution is 0.0592. The van der Waals surface area contributed by atoms with Crippen LogP contribution in [0.1, 0.15) is 27.6 Å². The van der Waals surface area contributed by atoms with Crippen LogP contribution in [0.25, 0.3) is 22.2 Å². The molecule has 0 fully saturated rings. The van der Waals surface area contributed by atoms with Gasteiger partial charge in [0.15, 0.2) is 6.10 Å². The number of carbonyl (C=O) groups excluding carboxylic acids is 2. The molecule has 0 aliphatic carbocycles. The van der Waals surface area contributed by atoms with Crippen molar-refractivity contribution in [2.45, 2.75) is 6.10 Å². The molecule has 0 bridgehead atoms. The van der Waals surface area contributed by atoms with Crippen LogP contribution < -0.4 is 5.32 Å². The van der Waals surface area contributed by atoms with Crippen LogP contribution in [0.4, 0.5) is 10.5 Å². The number of benzene rings is 2. The van der Waals surface area contributed by atoms with E-state index < -0.39 is 18.2 Å². The Bertz CT molecular complexity index is 1280. The second-order valence-corrected chi connectivity index (χ2v) is 6.78. The Labute approximate surface area is 170 Å². The molecule has 0 spiro atoms. The Balaban J connectivity index is 1.71. The monoisotopic (exact) mass is 400 g/mol. The molecular weight excluding hydrogens is 384 g/mol. The number of cyclic esters (lactones) is 1.